The van der Waals surface area contributed by atoms with Crippen molar-refractivity contribution >= 4 is 5.78 Å². The Labute approximate surface area is 113 Å². The molecule has 0 aliphatic carbocycles. The van der Waals surface area contributed by atoms with E-state index in [4.69, 9.17) is 0 Å². The third kappa shape index (κ3) is 3.50. The summed E-state index contributed by atoms with van der Waals surface area (Å²) in [6.07, 6.45) is 0.982. The summed E-state index contributed by atoms with van der Waals surface area (Å²) >= 11 is 0. The highest BCUT2D eigenvalue weighted by molar-refractivity contribution is 5.96. The summed E-state index contributed by atoms with van der Waals surface area (Å²) in [6.45, 7) is 3.88. The average Bonchev–Trinajstić information content (AvgIpc) is 2.40. The molecule has 0 aromatic heterocycles. The van der Waals surface area contributed by atoms with Crippen molar-refractivity contribution in [2.75, 3.05) is 0 Å². The summed E-state index contributed by atoms with van der Waals surface area (Å²) in [5, 5.41) is 0. The molecular formula is C17H17FO. The van der Waals surface area contributed by atoms with Gasteiger partial charge in [-0.3, -0.25) is 4.79 Å². The number of rotatable bonds is 4. The van der Waals surface area contributed by atoms with Gasteiger partial charge in [-0.1, -0.05) is 41.5 Å². The highest BCUT2D eigenvalue weighted by atomic mass is 19.1. The van der Waals surface area contributed by atoms with Crippen molar-refractivity contribution in [2.45, 2.75) is 26.7 Å². The molecule has 0 saturated carbocycles. The van der Waals surface area contributed by atoms with Gasteiger partial charge in [0.2, 0.25) is 0 Å². The summed E-state index contributed by atoms with van der Waals surface area (Å²) in [7, 11) is 0. The molecule has 0 fully saturated rings. The Morgan fingerprint density at radius 3 is 2.32 bits per heavy atom. The Balaban J connectivity index is 2.05. The molecular weight excluding hydrogens is 239 g/mol. The number of halogens is 1. The van der Waals surface area contributed by atoms with Crippen LogP contribution in [-0.2, 0) is 6.42 Å². The molecule has 0 aliphatic heterocycles. The minimum absolute atomic E-state index is 0.137. The Kier molecular flexibility index (Phi) is 4.10. The lowest BCUT2D eigenvalue weighted by molar-refractivity contribution is 0.0979. The van der Waals surface area contributed by atoms with Crippen LogP contribution in [0.25, 0.3) is 0 Å². The first-order valence-electron chi connectivity index (χ1n) is 6.41. The van der Waals surface area contributed by atoms with Crippen LogP contribution in [0.5, 0.6) is 0 Å². The second kappa shape index (κ2) is 5.79. The Morgan fingerprint density at radius 1 is 1.00 bits per heavy atom. The average molecular weight is 256 g/mol. The lowest BCUT2D eigenvalue weighted by Crippen LogP contribution is -2.04. The first kappa shape index (κ1) is 13.5. The highest BCUT2D eigenvalue weighted by Gasteiger charge is 2.11. The number of Topliss-reactive ketones (excluding diaryl/α,β-unsaturated/α-hetero) is 1. The van der Waals surface area contributed by atoms with Gasteiger partial charge in [0, 0.05) is 6.42 Å². The van der Waals surface area contributed by atoms with Crippen LogP contribution in [0.15, 0.2) is 42.5 Å². The second-order valence-electron chi connectivity index (χ2n) is 4.89. The van der Waals surface area contributed by atoms with Crippen LogP contribution in [0.4, 0.5) is 4.39 Å². The van der Waals surface area contributed by atoms with Gasteiger partial charge in [0.15, 0.2) is 5.78 Å². The van der Waals surface area contributed by atoms with Gasteiger partial charge < -0.3 is 0 Å². The third-order valence-electron chi connectivity index (χ3n) is 3.18. The quantitative estimate of drug-likeness (QED) is 0.747. The first-order chi connectivity index (χ1) is 9.06. The topological polar surface area (TPSA) is 17.1 Å². The van der Waals surface area contributed by atoms with Gasteiger partial charge in [-0.15, -0.1) is 0 Å². The fourth-order valence-corrected chi connectivity index (χ4v) is 2.00. The largest absolute Gasteiger partial charge is 0.294 e. The molecule has 0 saturated heterocycles. The fraction of sp³-hybridized carbons (Fsp3) is 0.235. The monoisotopic (exact) mass is 256 g/mol. The normalized spacial score (nSPS) is 10.5. The highest BCUT2D eigenvalue weighted by Crippen LogP contribution is 2.14. The number of carbonyl (C=O) groups excluding carboxylic acids is 1. The minimum atomic E-state index is -0.431. The zero-order valence-electron chi connectivity index (χ0n) is 11.2. The molecule has 0 amide bonds. The minimum Gasteiger partial charge on any atom is -0.294 e. The van der Waals surface area contributed by atoms with Crippen molar-refractivity contribution in [3.8, 4) is 0 Å². The van der Waals surface area contributed by atoms with E-state index in [-0.39, 0.29) is 11.3 Å². The smallest absolute Gasteiger partial charge is 0.166 e. The number of ketones is 1. The summed E-state index contributed by atoms with van der Waals surface area (Å²) in [4.78, 5) is 12.0. The lowest BCUT2D eigenvalue weighted by atomic mass is 10.0. The molecule has 2 aromatic rings. The van der Waals surface area contributed by atoms with Crippen molar-refractivity contribution in [1.82, 2.24) is 0 Å². The molecule has 0 heterocycles. The summed E-state index contributed by atoms with van der Waals surface area (Å²) in [6, 6.07) is 12.7. The predicted molar refractivity (Wildman–Crippen MR) is 75.0 cm³/mol. The van der Waals surface area contributed by atoms with Crippen molar-refractivity contribution in [2.24, 2.45) is 0 Å². The number of aryl methyl sites for hydroxylation is 3. The molecule has 98 valence electrons. The molecule has 0 radical (unpaired) electrons. The first-order valence-corrected chi connectivity index (χ1v) is 6.41. The summed E-state index contributed by atoms with van der Waals surface area (Å²) in [5.74, 6) is -0.568. The van der Waals surface area contributed by atoms with Crippen LogP contribution < -0.4 is 0 Å². The lowest BCUT2D eigenvalue weighted by Gasteiger charge is -2.05. The molecule has 2 rings (SSSR count). The van der Waals surface area contributed by atoms with Gasteiger partial charge >= 0.3 is 0 Å². The zero-order chi connectivity index (χ0) is 13.8. The van der Waals surface area contributed by atoms with E-state index < -0.39 is 5.82 Å². The molecule has 0 N–H and O–H groups in total. The molecule has 2 aromatic carbocycles. The van der Waals surface area contributed by atoms with Crippen LogP contribution in [-0.4, -0.2) is 5.78 Å². The van der Waals surface area contributed by atoms with E-state index in [1.165, 1.54) is 11.6 Å². The van der Waals surface area contributed by atoms with Crippen LogP contribution in [0.3, 0.4) is 0 Å². The van der Waals surface area contributed by atoms with Gasteiger partial charge in [0.1, 0.15) is 5.82 Å². The maximum Gasteiger partial charge on any atom is 0.166 e. The SMILES string of the molecule is Cc1ccc(CCC(=O)c2cc(C)ccc2F)cc1. The molecule has 0 bridgehead atoms. The van der Waals surface area contributed by atoms with Crippen molar-refractivity contribution < 1.29 is 9.18 Å². The maximum absolute atomic E-state index is 13.6. The van der Waals surface area contributed by atoms with Gasteiger partial charge in [0.25, 0.3) is 0 Å². The number of hydrogen-bond acceptors (Lipinski definition) is 1. The van der Waals surface area contributed by atoms with Crippen LogP contribution >= 0.6 is 0 Å². The molecule has 1 nitrogen and oxygen atoms in total. The second-order valence-corrected chi connectivity index (χ2v) is 4.89. The predicted octanol–water partition coefficient (Wildman–Crippen LogP) is 4.26. The maximum atomic E-state index is 13.6. The van der Waals surface area contributed by atoms with E-state index in [1.807, 2.05) is 38.1 Å². The Morgan fingerprint density at radius 2 is 1.63 bits per heavy atom. The fourth-order valence-electron chi connectivity index (χ4n) is 2.00. The van der Waals surface area contributed by atoms with Crippen LogP contribution in [0.2, 0.25) is 0 Å². The zero-order valence-corrected chi connectivity index (χ0v) is 11.2. The van der Waals surface area contributed by atoms with E-state index in [2.05, 4.69) is 0 Å². The van der Waals surface area contributed by atoms with Crippen molar-refractivity contribution in [3.05, 3.63) is 70.5 Å². The van der Waals surface area contributed by atoms with E-state index >= 15 is 0 Å². The standard InChI is InChI=1S/C17H17FO/c1-12-3-6-14(7-4-12)8-10-17(19)15-11-13(2)5-9-16(15)18/h3-7,9,11H,8,10H2,1-2H3. The van der Waals surface area contributed by atoms with Gasteiger partial charge in [0.05, 0.1) is 5.56 Å². The molecule has 0 atom stereocenters. The van der Waals surface area contributed by atoms with E-state index in [0.717, 1.165) is 11.1 Å². The molecule has 2 heteroatoms. The third-order valence-corrected chi connectivity index (χ3v) is 3.18. The van der Waals surface area contributed by atoms with Crippen LogP contribution in [0.1, 0.15) is 33.5 Å². The number of benzene rings is 2. The van der Waals surface area contributed by atoms with Gasteiger partial charge in [-0.05, 0) is 38.0 Å². The molecule has 19 heavy (non-hydrogen) atoms. The summed E-state index contributed by atoms with van der Waals surface area (Å²) in [5.41, 5.74) is 3.40. The number of hydrogen-bond donors (Lipinski definition) is 0. The van der Waals surface area contributed by atoms with Crippen molar-refractivity contribution in [1.29, 1.82) is 0 Å². The molecule has 0 unspecified atom stereocenters. The van der Waals surface area contributed by atoms with Crippen molar-refractivity contribution in [3.63, 3.8) is 0 Å². The Hall–Kier alpha value is -1.96. The van der Waals surface area contributed by atoms with E-state index in [9.17, 15) is 9.18 Å². The van der Waals surface area contributed by atoms with Gasteiger partial charge in [-0.2, -0.15) is 0 Å². The molecule has 0 aliphatic rings. The summed E-state index contributed by atoms with van der Waals surface area (Å²) < 4.78 is 13.6. The van der Waals surface area contributed by atoms with E-state index in [1.54, 1.807) is 12.1 Å². The van der Waals surface area contributed by atoms with Crippen LogP contribution in [0, 0.1) is 19.7 Å². The Bertz CT molecular complexity index is 585. The number of carbonyl (C=O) groups is 1. The van der Waals surface area contributed by atoms with Gasteiger partial charge in [-0.25, -0.2) is 4.39 Å². The molecule has 0 spiro atoms. The van der Waals surface area contributed by atoms with E-state index in [0.29, 0.717) is 12.8 Å².